The molecule has 0 amide bonds. The van der Waals surface area contributed by atoms with Crippen molar-refractivity contribution < 1.29 is 9.31 Å². The third-order valence-corrected chi connectivity index (χ3v) is 9.59. The largest absolute Gasteiger partial charge is 0.458 e. The Kier molecular flexibility index (Phi) is 6.57. The van der Waals surface area contributed by atoms with Crippen molar-refractivity contribution in [3.05, 3.63) is 72.3 Å². The fraction of sp³-hybridized carbons (Fsp3) is 0.440. The first-order valence-electron chi connectivity index (χ1n) is 10.8. The highest BCUT2D eigenvalue weighted by Crippen LogP contribution is 2.38. The molecule has 0 bridgehead atoms. The summed E-state index contributed by atoms with van der Waals surface area (Å²) in [6.45, 7) is 13.4. The summed E-state index contributed by atoms with van der Waals surface area (Å²) in [5, 5.41) is 1.51. The van der Waals surface area contributed by atoms with Gasteiger partial charge >= 0.3 is 7.12 Å². The van der Waals surface area contributed by atoms with Gasteiger partial charge in [0.1, 0.15) is 0 Å². The van der Waals surface area contributed by atoms with Crippen LogP contribution in [0.4, 0.5) is 0 Å². The van der Waals surface area contributed by atoms with Crippen molar-refractivity contribution >= 4 is 26.0 Å². The molecule has 0 N–H and O–H groups in total. The van der Waals surface area contributed by atoms with Gasteiger partial charge in [0.15, 0.2) is 0 Å². The van der Waals surface area contributed by atoms with E-state index in [1.165, 1.54) is 16.3 Å². The molecule has 0 aliphatic carbocycles. The summed E-state index contributed by atoms with van der Waals surface area (Å²) in [5.74, 6) is 0. The minimum Gasteiger partial charge on any atom is -0.403 e. The highest BCUT2D eigenvalue weighted by Gasteiger charge is 2.50. The van der Waals surface area contributed by atoms with Gasteiger partial charge in [-0.05, 0) is 57.6 Å². The SMILES string of the molecule is CC1(C)OB(CC/C=C(/C[Si](C)(C)c2ccccc2)c2ccccc2)OC1(C)C. The Bertz CT molecular complexity index is 812. The lowest BCUT2D eigenvalue weighted by molar-refractivity contribution is 0.00578. The second-order valence-corrected chi connectivity index (χ2v) is 14.5. The molecule has 1 fully saturated rings. The van der Waals surface area contributed by atoms with Crippen LogP contribution in [-0.4, -0.2) is 26.4 Å². The van der Waals surface area contributed by atoms with Gasteiger partial charge in [0, 0.05) is 0 Å². The van der Waals surface area contributed by atoms with E-state index >= 15 is 0 Å². The molecule has 2 nitrogen and oxygen atoms in total. The van der Waals surface area contributed by atoms with Gasteiger partial charge in [-0.1, -0.05) is 85.0 Å². The molecule has 1 saturated heterocycles. The van der Waals surface area contributed by atoms with Crippen LogP contribution in [0.25, 0.3) is 5.57 Å². The molecule has 0 atom stereocenters. The van der Waals surface area contributed by atoms with E-state index in [0.717, 1.165) is 18.8 Å². The van der Waals surface area contributed by atoms with Crippen LogP contribution in [0.3, 0.4) is 0 Å². The zero-order valence-electron chi connectivity index (χ0n) is 18.9. The molecular weight excluding hydrogens is 371 g/mol. The Morgan fingerprint density at radius 3 is 1.93 bits per heavy atom. The van der Waals surface area contributed by atoms with Gasteiger partial charge in [-0.25, -0.2) is 0 Å². The molecule has 0 unspecified atom stereocenters. The summed E-state index contributed by atoms with van der Waals surface area (Å²) in [7, 11) is -1.72. The number of hydrogen-bond donors (Lipinski definition) is 0. The highest BCUT2D eigenvalue weighted by molar-refractivity contribution is 6.91. The quantitative estimate of drug-likeness (QED) is 0.512. The highest BCUT2D eigenvalue weighted by atomic mass is 28.3. The summed E-state index contributed by atoms with van der Waals surface area (Å²) in [4.78, 5) is 0. The van der Waals surface area contributed by atoms with E-state index in [2.05, 4.69) is 108 Å². The van der Waals surface area contributed by atoms with Crippen LogP contribution in [0.5, 0.6) is 0 Å². The standard InChI is InChI=1S/C25H35BO2Si/c1-24(2)25(3,4)28-26(27-24)19-13-16-22(21-14-9-7-10-15-21)20-29(5,6)23-17-11-8-12-18-23/h7-12,14-18H,13,19-20H2,1-6H3/b22-16-. The van der Waals surface area contributed by atoms with Crippen molar-refractivity contribution in [2.24, 2.45) is 0 Å². The van der Waals surface area contributed by atoms with Crippen LogP contribution in [0.1, 0.15) is 39.7 Å². The van der Waals surface area contributed by atoms with E-state index in [0.29, 0.717) is 0 Å². The average molecular weight is 406 g/mol. The maximum absolute atomic E-state index is 6.18. The fourth-order valence-corrected chi connectivity index (χ4v) is 6.49. The van der Waals surface area contributed by atoms with E-state index in [-0.39, 0.29) is 18.3 Å². The molecule has 0 aromatic heterocycles. The van der Waals surface area contributed by atoms with E-state index in [1.807, 2.05) is 0 Å². The lowest BCUT2D eigenvalue weighted by atomic mass is 9.82. The second kappa shape index (κ2) is 8.63. The minimum absolute atomic E-state index is 0.132. The fourth-order valence-electron chi connectivity index (χ4n) is 3.89. The van der Waals surface area contributed by atoms with Gasteiger partial charge in [-0.3, -0.25) is 0 Å². The molecule has 1 aliphatic heterocycles. The Labute approximate surface area is 178 Å². The molecule has 3 rings (SSSR count). The van der Waals surface area contributed by atoms with Crippen molar-refractivity contribution in [2.45, 2.75) is 70.8 Å². The molecule has 2 aromatic carbocycles. The zero-order valence-corrected chi connectivity index (χ0v) is 19.9. The van der Waals surface area contributed by atoms with E-state index in [4.69, 9.17) is 9.31 Å². The van der Waals surface area contributed by atoms with E-state index < -0.39 is 8.07 Å². The summed E-state index contributed by atoms with van der Waals surface area (Å²) in [6.07, 6.45) is 4.26. The number of rotatable bonds is 7. The van der Waals surface area contributed by atoms with Gasteiger partial charge in [0.2, 0.25) is 0 Å². The molecule has 2 aromatic rings. The normalized spacial score (nSPS) is 18.8. The molecular formula is C25H35BO2Si. The van der Waals surface area contributed by atoms with Crippen LogP contribution in [0, 0.1) is 0 Å². The van der Waals surface area contributed by atoms with E-state index in [9.17, 15) is 0 Å². The molecule has 0 saturated carbocycles. The predicted molar refractivity (Wildman–Crippen MR) is 128 cm³/mol. The van der Waals surface area contributed by atoms with Crippen molar-refractivity contribution in [2.75, 3.05) is 0 Å². The lowest BCUT2D eigenvalue weighted by Crippen LogP contribution is -2.41. The maximum atomic E-state index is 6.18. The van der Waals surface area contributed by atoms with Crippen molar-refractivity contribution in [1.82, 2.24) is 0 Å². The van der Waals surface area contributed by atoms with Crippen LogP contribution < -0.4 is 5.19 Å². The van der Waals surface area contributed by atoms with Gasteiger partial charge in [0.25, 0.3) is 0 Å². The average Bonchev–Trinajstić information content (AvgIpc) is 2.89. The van der Waals surface area contributed by atoms with Crippen molar-refractivity contribution in [1.29, 1.82) is 0 Å². The smallest absolute Gasteiger partial charge is 0.403 e. The first kappa shape index (κ1) is 22.1. The first-order chi connectivity index (χ1) is 13.6. The van der Waals surface area contributed by atoms with Gasteiger partial charge in [-0.2, -0.15) is 0 Å². The molecule has 4 heteroatoms. The molecule has 0 radical (unpaired) electrons. The second-order valence-electron chi connectivity index (χ2n) is 9.79. The predicted octanol–water partition coefficient (Wildman–Crippen LogP) is 6.17. The summed E-state index contributed by atoms with van der Waals surface area (Å²) in [6, 6.07) is 23.0. The molecule has 1 aliphatic rings. The monoisotopic (exact) mass is 406 g/mol. The number of allylic oxidation sites excluding steroid dienone is 2. The summed E-state index contributed by atoms with van der Waals surface area (Å²) in [5.41, 5.74) is 2.26. The maximum Gasteiger partial charge on any atom is 0.458 e. The minimum atomic E-state index is -1.58. The van der Waals surface area contributed by atoms with Gasteiger partial charge in [0.05, 0.1) is 19.3 Å². The Morgan fingerprint density at radius 1 is 0.862 bits per heavy atom. The Morgan fingerprint density at radius 2 is 1.38 bits per heavy atom. The molecule has 0 spiro atoms. The third kappa shape index (κ3) is 5.30. The molecule has 29 heavy (non-hydrogen) atoms. The summed E-state index contributed by atoms with van der Waals surface area (Å²) < 4.78 is 12.4. The number of benzene rings is 2. The van der Waals surface area contributed by atoms with Crippen LogP contribution >= 0.6 is 0 Å². The lowest BCUT2D eigenvalue weighted by Gasteiger charge is -2.32. The van der Waals surface area contributed by atoms with Crippen LogP contribution in [0.15, 0.2) is 66.7 Å². The number of hydrogen-bond acceptors (Lipinski definition) is 2. The van der Waals surface area contributed by atoms with Crippen molar-refractivity contribution in [3.8, 4) is 0 Å². The molecule has 154 valence electrons. The first-order valence-corrected chi connectivity index (χ1v) is 14.0. The third-order valence-electron chi connectivity index (χ3n) is 6.43. The van der Waals surface area contributed by atoms with Crippen LogP contribution in [0.2, 0.25) is 25.5 Å². The Hall–Kier alpha value is -1.62. The van der Waals surface area contributed by atoms with Gasteiger partial charge < -0.3 is 9.31 Å². The Balaban J connectivity index is 1.75. The topological polar surface area (TPSA) is 18.5 Å². The van der Waals surface area contributed by atoms with Crippen molar-refractivity contribution in [3.63, 3.8) is 0 Å². The van der Waals surface area contributed by atoms with Crippen LogP contribution in [-0.2, 0) is 9.31 Å². The van der Waals surface area contributed by atoms with Gasteiger partial charge in [-0.15, -0.1) is 0 Å². The summed E-state index contributed by atoms with van der Waals surface area (Å²) >= 11 is 0. The molecule has 1 heterocycles. The zero-order chi connectivity index (χ0) is 21.1. The van der Waals surface area contributed by atoms with E-state index in [1.54, 1.807) is 0 Å².